The molecule has 1 aromatic carbocycles. The Bertz CT molecular complexity index is 712. The van der Waals surface area contributed by atoms with Crippen LogP contribution in [0, 0.1) is 0 Å². The summed E-state index contributed by atoms with van der Waals surface area (Å²) >= 11 is 0. The van der Waals surface area contributed by atoms with Gasteiger partial charge in [-0.05, 0) is 12.1 Å². The largest absolute Gasteiger partial charge is 0.497 e. The Kier molecular flexibility index (Phi) is 3.51. The Balaban J connectivity index is 2.75. The zero-order valence-electron chi connectivity index (χ0n) is 11.2. The molecule has 0 spiro atoms. The van der Waals surface area contributed by atoms with Gasteiger partial charge < -0.3 is 19.1 Å². The summed E-state index contributed by atoms with van der Waals surface area (Å²) in [4.78, 5) is 23.1. The summed E-state index contributed by atoms with van der Waals surface area (Å²) in [5.74, 6) is -0.403. The second-order valence-electron chi connectivity index (χ2n) is 3.97. The molecule has 0 unspecified atom stereocenters. The van der Waals surface area contributed by atoms with Crippen LogP contribution < -0.4 is 15.1 Å². The summed E-state index contributed by atoms with van der Waals surface area (Å²) in [5, 5.41) is 9.20. The lowest BCUT2D eigenvalue weighted by molar-refractivity contribution is 0.0673. The van der Waals surface area contributed by atoms with Crippen molar-refractivity contribution in [2.24, 2.45) is 7.05 Å². The third-order valence-electron chi connectivity index (χ3n) is 2.86. The summed E-state index contributed by atoms with van der Waals surface area (Å²) in [6.07, 6.45) is 0. The van der Waals surface area contributed by atoms with Crippen molar-refractivity contribution in [3.63, 3.8) is 0 Å². The number of hydrogen-bond acceptors (Lipinski definition) is 5. The van der Waals surface area contributed by atoms with E-state index in [2.05, 4.69) is 0 Å². The van der Waals surface area contributed by atoms with Gasteiger partial charge in [-0.2, -0.15) is 0 Å². The smallest absolute Gasteiger partial charge is 0.366 e. The Labute approximate surface area is 113 Å². The zero-order valence-corrected chi connectivity index (χ0v) is 11.2. The molecule has 0 saturated heterocycles. The molecule has 0 saturated carbocycles. The summed E-state index contributed by atoms with van der Waals surface area (Å²) in [6, 6.07) is 4.72. The number of aromatic carboxylic acids is 1. The van der Waals surface area contributed by atoms with Crippen molar-refractivity contribution in [2.75, 3.05) is 14.2 Å². The number of aryl methyl sites for hydroxylation is 1. The normalized spacial score (nSPS) is 10.3. The van der Waals surface area contributed by atoms with Crippen molar-refractivity contribution >= 4 is 5.97 Å². The number of hydrogen-bond donors (Lipinski definition) is 1. The molecular formula is C13H13NO6. The van der Waals surface area contributed by atoms with Crippen molar-refractivity contribution in [1.82, 2.24) is 4.74 Å². The lowest BCUT2D eigenvalue weighted by atomic mass is 10.0. The van der Waals surface area contributed by atoms with Gasteiger partial charge in [-0.1, -0.05) is 0 Å². The Morgan fingerprint density at radius 3 is 2.55 bits per heavy atom. The second kappa shape index (κ2) is 5.12. The van der Waals surface area contributed by atoms with Crippen molar-refractivity contribution in [1.29, 1.82) is 0 Å². The van der Waals surface area contributed by atoms with Crippen LogP contribution in [0.1, 0.15) is 10.5 Å². The quantitative estimate of drug-likeness (QED) is 0.908. The summed E-state index contributed by atoms with van der Waals surface area (Å²) in [5.41, 5.74) is -0.702. The summed E-state index contributed by atoms with van der Waals surface area (Å²) in [6.45, 7) is 0. The molecule has 0 aliphatic carbocycles. The molecule has 0 amide bonds. The van der Waals surface area contributed by atoms with E-state index in [9.17, 15) is 14.7 Å². The number of methoxy groups -OCH3 is 2. The highest BCUT2D eigenvalue weighted by molar-refractivity contribution is 5.94. The van der Waals surface area contributed by atoms with E-state index in [-0.39, 0.29) is 11.3 Å². The highest BCUT2D eigenvalue weighted by Crippen LogP contribution is 2.33. The maximum atomic E-state index is 11.9. The summed E-state index contributed by atoms with van der Waals surface area (Å²) < 4.78 is 16.0. The molecule has 1 heterocycles. The molecule has 1 N–H and O–H groups in total. The van der Waals surface area contributed by atoms with Crippen LogP contribution in [0.3, 0.4) is 0 Å². The summed E-state index contributed by atoms with van der Waals surface area (Å²) in [7, 11) is 4.27. The average molecular weight is 279 g/mol. The first-order chi connectivity index (χ1) is 9.49. The first-order valence-electron chi connectivity index (χ1n) is 5.65. The lowest BCUT2D eigenvalue weighted by Gasteiger charge is -2.09. The SMILES string of the molecule is COc1ccc(-c2c(C(=O)O)n(C)oc2=O)c(OC)c1. The van der Waals surface area contributed by atoms with Gasteiger partial charge in [-0.3, -0.25) is 0 Å². The molecule has 7 nitrogen and oxygen atoms in total. The highest BCUT2D eigenvalue weighted by atomic mass is 16.5. The predicted molar refractivity (Wildman–Crippen MR) is 69.4 cm³/mol. The average Bonchev–Trinajstić information content (AvgIpc) is 2.72. The van der Waals surface area contributed by atoms with Crippen molar-refractivity contribution in [3.05, 3.63) is 34.3 Å². The Morgan fingerprint density at radius 2 is 2.00 bits per heavy atom. The molecule has 1 aromatic heterocycles. The Hall–Kier alpha value is -2.70. The molecule has 106 valence electrons. The fourth-order valence-electron chi connectivity index (χ4n) is 1.95. The first kappa shape index (κ1) is 13.7. The molecule has 0 atom stereocenters. The topological polar surface area (TPSA) is 90.9 Å². The number of nitrogens with zero attached hydrogens (tertiary/aromatic N) is 1. The molecule has 20 heavy (non-hydrogen) atoms. The molecule has 2 aromatic rings. The molecule has 0 fully saturated rings. The number of aromatic nitrogens is 1. The van der Waals surface area contributed by atoms with E-state index in [0.29, 0.717) is 17.1 Å². The van der Waals surface area contributed by atoms with Gasteiger partial charge in [0.25, 0.3) is 0 Å². The van der Waals surface area contributed by atoms with Gasteiger partial charge in [-0.25, -0.2) is 14.3 Å². The van der Waals surface area contributed by atoms with Gasteiger partial charge in [-0.15, -0.1) is 0 Å². The zero-order chi connectivity index (χ0) is 14.9. The molecule has 0 aliphatic heterocycles. The maximum Gasteiger partial charge on any atom is 0.366 e. The molecular weight excluding hydrogens is 266 g/mol. The van der Waals surface area contributed by atoms with Gasteiger partial charge in [0, 0.05) is 18.7 Å². The van der Waals surface area contributed by atoms with Crippen LogP contribution in [0.2, 0.25) is 0 Å². The monoisotopic (exact) mass is 279 g/mol. The van der Waals surface area contributed by atoms with Crippen LogP contribution in [-0.4, -0.2) is 30.0 Å². The van der Waals surface area contributed by atoms with Crippen LogP contribution in [0.4, 0.5) is 0 Å². The van der Waals surface area contributed by atoms with E-state index >= 15 is 0 Å². The van der Waals surface area contributed by atoms with Crippen LogP contribution >= 0.6 is 0 Å². The molecule has 0 aliphatic rings. The van der Waals surface area contributed by atoms with E-state index < -0.39 is 11.6 Å². The second-order valence-corrected chi connectivity index (χ2v) is 3.97. The van der Waals surface area contributed by atoms with Crippen LogP contribution in [0.5, 0.6) is 11.5 Å². The molecule has 7 heteroatoms. The van der Waals surface area contributed by atoms with Gasteiger partial charge >= 0.3 is 11.6 Å². The third-order valence-corrected chi connectivity index (χ3v) is 2.86. The minimum Gasteiger partial charge on any atom is -0.497 e. The number of carboxylic acids is 1. The van der Waals surface area contributed by atoms with Crippen LogP contribution in [0.15, 0.2) is 27.5 Å². The van der Waals surface area contributed by atoms with Crippen molar-refractivity contribution in [2.45, 2.75) is 0 Å². The fraction of sp³-hybridized carbons (Fsp3) is 0.231. The van der Waals surface area contributed by atoms with E-state index in [1.807, 2.05) is 0 Å². The molecule has 2 rings (SSSR count). The standard InChI is InChI=1S/C13H13NO6/c1-14-11(12(15)16)10(13(17)20-14)8-5-4-7(18-2)6-9(8)19-3/h4-6H,1-3H3,(H,15,16). The lowest BCUT2D eigenvalue weighted by Crippen LogP contribution is -2.07. The van der Waals surface area contributed by atoms with Crippen LogP contribution in [-0.2, 0) is 7.05 Å². The third kappa shape index (κ3) is 2.13. The molecule has 0 bridgehead atoms. The minimum absolute atomic E-state index is 0.0560. The van der Waals surface area contributed by atoms with Gasteiger partial charge in [0.05, 0.1) is 14.2 Å². The molecule has 0 radical (unpaired) electrons. The van der Waals surface area contributed by atoms with E-state index in [4.69, 9.17) is 14.0 Å². The van der Waals surface area contributed by atoms with Crippen molar-refractivity contribution < 1.29 is 23.9 Å². The van der Waals surface area contributed by atoms with E-state index in [0.717, 1.165) is 4.74 Å². The number of benzene rings is 1. The van der Waals surface area contributed by atoms with Gasteiger partial charge in [0.15, 0.2) is 5.69 Å². The van der Waals surface area contributed by atoms with E-state index in [1.165, 1.54) is 21.3 Å². The number of ether oxygens (including phenoxy) is 2. The first-order valence-corrected chi connectivity index (χ1v) is 5.65. The maximum absolute atomic E-state index is 11.9. The fourth-order valence-corrected chi connectivity index (χ4v) is 1.95. The predicted octanol–water partition coefficient (Wildman–Crippen LogP) is 1.36. The number of carboxylic acid groups (broad SMARTS) is 1. The number of rotatable bonds is 4. The minimum atomic E-state index is -1.26. The van der Waals surface area contributed by atoms with Crippen molar-refractivity contribution in [3.8, 4) is 22.6 Å². The van der Waals surface area contributed by atoms with Gasteiger partial charge in [0.1, 0.15) is 17.1 Å². The van der Waals surface area contributed by atoms with Crippen LogP contribution in [0.25, 0.3) is 11.1 Å². The van der Waals surface area contributed by atoms with Gasteiger partial charge in [0.2, 0.25) is 0 Å². The highest BCUT2D eigenvalue weighted by Gasteiger charge is 2.25. The Morgan fingerprint density at radius 1 is 1.30 bits per heavy atom. The van der Waals surface area contributed by atoms with E-state index in [1.54, 1.807) is 18.2 Å². The number of carbonyl (C=O) groups is 1.